The average Bonchev–Trinajstić information content (AvgIpc) is 3.10. The lowest BCUT2D eigenvalue weighted by atomic mass is 10.1. The fraction of sp³-hybridized carbons (Fsp3) is 0.444. The van der Waals surface area contributed by atoms with Crippen molar-refractivity contribution in [2.45, 2.75) is 53.3 Å². The molecule has 0 aromatic carbocycles. The molecule has 0 spiro atoms. The molecule has 1 N–H and O–H groups in total. The van der Waals surface area contributed by atoms with Gasteiger partial charge in [-0.1, -0.05) is 0 Å². The van der Waals surface area contributed by atoms with Gasteiger partial charge in [0.1, 0.15) is 6.54 Å². The number of halogens is 2. The number of hydrogen-bond donors (Lipinski definition) is 1. The standard InChI is InChI=1S/C18H22F2N6O/c1-10-5-6-25(23-10)8-12(3)21-15(27)9-26-18-16(13(4)24-26)14(17(19)20)7-11(2)22-18/h5-7,12,17H,8-9H2,1-4H3,(H,21,27). The Morgan fingerprint density at radius 2 is 1.96 bits per heavy atom. The predicted molar refractivity (Wildman–Crippen MR) is 96.5 cm³/mol. The van der Waals surface area contributed by atoms with Gasteiger partial charge in [0.2, 0.25) is 5.91 Å². The Balaban J connectivity index is 1.77. The number of aryl methyl sites for hydroxylation is 3. The summed E-state index contributed by atoms with van der Waals surface area (Å²) in [5.74, 6) is -0.266. The van der Waals surface area contributed by atoms with Crippen LogP contribution in [0, 0.1) is 20.8 Å². The van der Waals surface area contributed by atoms with Gasteiger partial charge in [0.15, 0.2) is 5.65 Å². The van der Waals surface area contributed by atoms with Crippen molar-refractivity contribution in [2.75, 3.05) is 0 Å². The molecular weight excluding hydrogens is 354 g/mol. The van der Waals surface area contributed by atoms with Crippen molar-refractivity contribution < 1.29 is 13.6 Å². The van der Waals surface area contributed by atoms with E-state index in [0.29, 0.717) is 29.0 Å². The lowest BCUT2D eigenvalue weighted by molar-refractivity contribution is -0.122. The Morgan fingerprint density at radius 1 is 1.22 bits per heavy atom. The van der Waals surface area contributed by atoms with E-state index in [1.54, 1.807) is 18.5 Å². The van der Waals surface area contributed by atoms with Gasteiger partial charge in [-0.25, -0.2) is 18.4 Å². The number of rotatable bonds is 6. The Hall–Kier alpha value is -2.84. The molecule has 0 aliphatic rings. The van der Waals surface area contributed by atoms with Gasteiger partial charge < -0.3 is 5.32 Å². The number of carbonyl (C=O) groups excluding carboxylic acids is 1. The molecule has 0 aliphatic heterocycles. The second kappa shape index (κ2) is 7.42. The molecule has 144 valence electrons. The van der Waals surface area contributed by atoms with Crippen molar-refractivity contribution >= 4 is 16.9 Å². The molecule has 1 amide bonds. The quantitative estimate of drug-likeness (QED) is 0.718. The first-order valence-corrected chi connectivity index (χ1v) is 8.67. The molecule has 9 heteroatoms. The van der Waals surface area contributed by atoms with E-state index < -0.39 is 6.43 Å². The van der Waals surface area contributed by atoms with Crippen LogP contribution in [-0.2, 0) is 17.9 Å². The fourth-order valence-electron chi connectivity index (χ4n) is 3.15. The molecule has 0 saturated carbocycles. The summed E-state index contributed by atoms with van der Waals surface area (Å²) < 4.78 is 29.9. The van der Waals surface area contributed by atoms with E-state index in [-0.39, 0.29) is 24.1 Å². The van der Waals surface area contributed by atoms with Gasteiger partial charge in [0.05, 0.1) is 23.3 Å². The zero-order valence-corrected chi connectivity index (χ0v) is 15.7. The van der Waals surface area contributed by atoms with Gasteiger partial charge >= 0.3 is 0 Å². The van der Waals surface area contributed by atoms with E-state index in [4.69, 9.17) is 0 Å². The van der Waals surface area contributed by atoms with E-state index in [9.17, 15) is 13.6 Å². The second-order valence-electron chi connectivity index (χ2n) is 6.74. The monoisotopic (exact) mass is 376 g/mol. The van der Waals surface area contributed by atoms with Gasteiger partial charge in [0.25, 0.3) is 6.43 Å². The highest BCUT2D eigenvalue weighted by Crippen LogP contribution is 2.29. The smallest absolute Gasteiger partial charge is 0.264 e. The van der Waals surface area contributed by atoms with Gasteiger partial charge in [-0.2, -0.15) is 10.2 Å². The van der Waals surface area contributed by atoms with Crippen molar-refractivity contribution in [1.82, 2.24) is 29.9 Å². The minimum absolute atomic E-state index is 0.0913. The SMILES string of the molecule is Cc1cc(C(F)F)c2c(C)nn(CC(=O)NC(C)Cn3ccc(C)n3)c2n1. The van der Waals surface area contributed by atoms with E-state index >= 15 is 0 Å². The van der Waals surface area contributed by atoms with E-state index in [1.165, 1.54) is 10.7 Å². The van der Waals surface area contributed by atoms with Crippen LogP contribution in [0.25, 0.3) is 11.0 Å². The summed E-state index contributed by atoms with van der Waals surface area (Å²) in [5, 5.41) is 11.7. The lowest BCUT2D eigenvalue weighted by Gasteiger charge is -2.14. The molecule has 0 aliphatic carbocycles. The molecule has 0 saturated heterocycles. The molecule has 27 heavy (non-hydrogen) atoms. The molecule has 0 bridgehead atoms. The van der Waals surface area contributed by atoms with E-state index in [2.05, 4.69) is 20.5 Å². The second-order valence-corrected chi connectivity index (χ2v) is 6.74. The summed E-state index contributed by atoms with van der Waals surface area (Å²) >= 11 is 0. The molecule has 1 unspecified atom stereocenters. The van der Waals surface area contributed by atoms with Crippen molar-refractivity contribution in [3.05, 3.63) is 41.0 Å². The highest BCUT2D eigenvalue weighted by Gasteiger charge is 2.21. The minimum Gasteiger partial charge on any atom is -0.350 e. The number of nitrogens with one attached hydrogen (secondary N) is 1. The summed E-state index contributed by atoms with van der Waals surface area (Å²) in [5.41, 5.74) is 1.99. The van der Waals surface area contributed by atoms with Gasteiger partial charge in [0, 0.05) is 23.5 Å². The van der Waals surface area contributed by atoms with Crippen LogP contribution < -0.4 is 5.32 Å². The maximum Gasteiger partial charge on any atom is 0.264 e. The van der Waals surface area contributed by atoms with Crippen molar-refractivity contribution in [3.8, 4) is 0 Å². The van der Waals surface area contributed by atoms with Gasteiger partial charge in [-0.05, 0) is 39.8 Å². The molecule has 3 aromatic heterocycles. The molecule has 0 fully saturated rings. The first kappa shape index (κ1) is 18.9. The Labute approximate surface area is 155 Å². The molecule has 3 aromatic rings. The van der Waals surface area contributed by atoms with Gasteiger partial charge in [-0.15, -0.1) is 0 Å². The number of nitrogens with zero attached hydrogens (tertiary/aromatic N) is 5. The Morgan fingerprint density at radius 3 is 2.59 bits per heavy atom. The number of hydrogen-bond acceptors (Lipinski definition) is 4. The molecule has 1 atom stereocenters. The van der Waals surface area contributed by atoms with Crippen molar-refractivity contribution in [2.24, 2.45) is 0 Å². The highest BCUT2D eigenvalue weighted by atomic mass is 19.3. The summed E-state index contributed by atoms with van der Waals surface area (Å²) in [7, 11) is 0. The number of aromatic nitrogens is 5. The summed E-state index contributed by atoms with van der Waals surface area (Å²) in [6.45, 7) is 7.50. The number of fused-ring (bicyclic) bond motifs is 1. The van der Waals surface area contributed by atoms with Crippen LogP contribution in [0.4, 0.5) is 8.78 Å². The molecule has 3 rings (SSSR count). The van der Waals surface area contributed by atoms with Crippen LogP contribution in [0.2, 0.25) is 0 Å². The van der Waals surface area contributed by atoms with Crippen LogP contribution >= 0.6 is 0 Å². The van der Waals surface area contributed by atoms with Crippen LogP contribution in [-0.4, -0.2) is 36.5 Å². The average molecular weight is 376 g/mol. The third kappa shape index (κ3) is 4.12. The maximum atomic E-state index is 13.4. The molecule has 7 nitrogen and oxygen atoms in total. The van der Waals surface area contributed by atoms with Crippen LogP contribution in [0.3, 0.4) is 0 Å². The minimum atomic E-state index is -2.63. The Bertz CT molecular complexity index is 978. The maximum absolute atomic E-state index is 13.4. The predicted octanol–water partition coefficient (Wildman–Crippen LogP) is 2.70. The first-order valence-electron chi connectivity index (χ1n) is 8.67. The normalized spacial score (nSPS) is 12.7. The van der Waals surface area contributed by atoms with Crippen LogP contribution in [0.1, 0.15) is 36.0 Å². The summed E-state index contributed by atoms with van der Waals surface area (Å²) in [6.07, 6.45) is -0.780. The van der Waals surface area contributed by atoms with Crippen molar-refractivity contribution in [3.63, 3.8) is 0 Å². The van der Waals surface area contributed by atoms with E-state index in [1.807, 2.05) is 26.1 Å². The largest absolute Gasteiger partial charge is 0.350 e. The fourth-order valence-corrected chi connectivity index (χ4v) is 3.15. The summed E-state index contributed by atoms with van der Waals surface area (Å²) in [6, 6.07) is 3.10. The van der Waals surface area contributed by atoms with E-state index in [0.717, 1.165) is 5.69 Å². The van der Waals surface area contributed by atoms with Crippen LogP contribution in [0.5, 0.6) is 0 Å². The number of amides is 1. The zero-order chi connectivity index (χ0) is 19.7. The van der Waals surface area contributed by atoms with Gasteiger partial charge in [-0.3, -0.25) is 9.48 Å². The Kier molecular flexibility index (Phi) is 5.20. The number of pyridine rings is 1. The summed E-state index contributed by atoms with van der Waals surface area (Å²) in [4.78, 5) is 16.7. The highest BCUT2D eigenvalue weighted by molar-refractivity contribution is 5.84. The zero-order valence-electron chi connectivity index (χ0n) is 15.7. The lowest BCUT2D eigenvalue weighted by Crippen LogP contribution is -2.38. The molecular formula is C18H22F2N6O. The van der Waals surface area contributed by atoms with Crippen LogP contribution in [0.15, 0.2) is 18.3 Å². The van der Waals surface area contributed by atoms with Crippen molar-refractivity contribution in [1.29, 1.82) is 0 Å². The number of carbonyl (C=O) groups is 1. The number of alkyl halides is 2. The first-order chi connectivity index (χ1) is 12.7. The molecule has 0 radical (unpaired) electrons. The third-order valence-corrected chi connectivity index (χ3v) is 4.21. The third-order valence-electron chi connectivity index (χ3n) is 4.21. The topological polar surface area (TPSA) is 77.6 Å². The molecule has 3 heterocycles.